The Hall–Kier alpha value is -1.05. The summed E-state index contributed by atoms with van der Waals surface area (Å²) in [5.41, 5.74) is -0.530. The summed E-state index contributed by atoms with van der Waals surface area (Å²) in [6.07, 6.45) is 1.08. The molecule has 1 rings (SSSR count). The van der Waals surface area contributed by atoms with Gasteiger partial charge in [-0.05, 0) is 43.4 Å². The molecule has 0 fully saturated rings. The Balaban J connectivity index is 2.72. The molecule has 6 heteroatoms. The Bertz CT molecular complexity index is 416. The SMILES string of the molecule is COc1cc(NC(=O)OC(C)(C)C)ncc1I. The van der Waals surface area contributed by atoms with Crippen LogP contribution in [0, 0.1) is 3.57 Å². The van der Waals surface area contributed by atoms with Crippen molar-refractivity contribution in [1.29, 1.82) is 0 Å². The number of nitrogens with one attached hydrogen (secondary N) is 1. The molecule has 1 N–H and O–H groups in total. The summed E-state index contributed by atoms with van der Waals surface area (Å²) in [5.74, 6) is 1.06. The summed E-state index contributed by atoms with van der Waals surface area (Å²) in [6, 6.07) is 1.64. The van der Waals surface area contributed by atoms with Crippen LogP contribution in [-0.4, -0.2) is 23.8 Å². The lowest BCUT2D eigenvalue weighted by molar-refractivity contribution is 0.0635. The fourth-order valence-electron chi connectivity index (χ4n) is 1.05. The number of methoxy groups -OCH3 is 1. The lowest BCUT2D eigenvalue weighted by Gasteiger charge is -2.19. The highest BCUT2D eigenvalue weighted by Gasteiger charge is 2.16. The third-order valence-corrected chi connectivity index (χ3v) is 2.48. The highest BCUT2D eigenvalue weighted by atomic mass is 127. The number of hydrogen-bond donors (Lipinski definition) is 1. The second-order valence-electron chi connectivity index (χ2n) is 4.33. The maximum atomic E-state index is 11.5. The van der Waals surface area contributed by atoms with Crippen LogP contribution in [0.2, 0.25) is 0 Å². The number of ether oxygens (including phenoxy) is 2. The van der Waals surface area contributed by atoms with Gasteiger partial charge >= 0.3 is 6.09 Å². The van der Waals surface area contributed by atoms with Gasteiger partial charge in [-0.3, -0.25) is 5.32 Å². The van der Waals surface area contributed by atoms with Gasteiger partial charge in [-0.2, -0.15) is 0 Å². The minimum absolute atomic E-state index is 0.400. The Kier molecular flexibility index (Phi) is 4.55. The molecule has 1 aromatic heterocycles. The average molecular weight is 350 g/mol. The first kappa shape index (κ1) is 14.0. The highest BCUT2D eigenvalue weighted by molar-refractivity contribution is 14.1. The van der Waals surface area contributed by atoms with Gasteiger partial charge in [0.05, 0.1) is 10.7 Å². The molecule has 1 amide bonds. The van der Waals surface area contributed by atoms with Gasteiger partial charge in [0.15, 0.2) is 0 Å². The van der Waals surface area contributed by atoms with Crippen molar-refractivity contribution in [3.8, 4) is 5.75 Å². The first-order valence-corrected chi connectivity index (χ1v) is 6.09. The molecule has 0 aliphatic rings. The molecule has 0 saturated heterocycles. The van der Waals surface area contributed by atoms with E-state index in [0.29, 0.717) is 11.6 Å². The van der Waals surface area contributed by atoms with Crippen molar-refractivity contribution >= 4 is 34.5 Å². The van der Waals surface area contributed by atoms with Crippen molar-refractivity contribution in [3.63, 3.8) is 0 Å². The van der Waals surface area contributed by atoms with E-state index in [1.807, 2.05) is 0 Å². The van der Waals surface area contributed by atoms with Gasteiger partial charge in [0, 0.05) is 12.3 Å². The Morgan fingerprint density at radius 3 is 2.65 bits per heavy atom. The molecule has 94 valence electrons. The molecule has 1 aromatic rings. The van der Waals surface area contributed by atoms with Gasteiger partial charge in [-0.25, -0.2) is 9.78 Å². The number of nitrogens with zero attached hydrogens (tertiary/aromatic N) is 1. The Morgan fingerprint density at radius 1 is 1.47 bits per heavy atom. The Morgan fingerprint density at radius 2 is 2.12 bits per heavy atom. The first-order chi connectivity index (χ1) is 7.81. The molecule has 0 aromatic carbocycles. The maximum absolute atomic E-state index is 11.5. The summed E-state index contributed by atoms with van der Waals surface area (Å²) in [4.78, 5) is 15.6. The summed E-state index contributed by atoms with van der Waals surface area (Å²) < 4.78 is 11.1. The predicted octanol–water partition coefficient (Wildman–Crippen LogP) is 3.04. The van der Waals surface area contributed by atoms with E-state index in [2.05, 4.69) is 32.9 Å². The average Bonchev–Trinajstić information content (AvgIpc) is 2.18. The third kappa shape index (κ3) is 4.76. The van der Waals surface area contributed by atoms with E-state index in [4.69, 9.17) is 9.47 Å². The fourth-order valence-corrected chi connectivity index (χ4v) is 1.57. The summed E-state index contributed by atoms with van der Waals surface area (Å²) >= 11 is 2.10. The van der Waals surface area contributed by atoms with Crippen LogP contribution in [-0.2, 0) is 4.74 Å². The molecule has 0 spiro atoms. The fraction of sp³-hybridized carbons (Fsp3) is 0.455. The van der Waals surface area contributed by atoms with Gasteiger partial charge in [0.1, 0.15) is 17.2 Å². The van der Waals surface area contributed by atoms with Crippen LogP contribution in [0.5, 0.6) is 5.75 Å². The van der Waals surface area contributed by atoms with Crippen LogP contribution in [0.15, 0.2) is 12.3 Å². The van der Waals surface area contributed by atoms with Gasteiger partial charge in [-0.1, -0.05) is 0 Å². The minimum Gasteiger partial charge on any atom is -0.495 e. The van der Waals surface area contributed by atoms with E-state index in [9.17, 15) is 4.79 Å². The van der Waals surface area contributed by atoms with Gasteiger partial charge in [0.2, 0.25) is 0 Å². The van der Waals surface area contributed by atoms with Crippen molar-refractivity contribution < 1.29 is 14.3 Å². The number of hydrogen-bond acceptors (Lipinski definition) is 4. The van der Waals surface area contributed by atoms with Crippen molar-refractivity contribution in [1.82, 2.24) is 4.98 Å². The van der Waals surface area contributed by atoms with E-state index in [1.54, 1.807) is 40.1 Å². The van der Waals surface area contributed by atoms with Crippen LogP contribution in [0.4, 0.5) is 10.6 Å². The zero-order chi connectivity index (χ0) is 13.1. The van der Waals surface area contributed by atoms with Crippen LogP contribution in [0.3, 0.4) is 0 Å². The van der Waals surface area contributed by atoms with Gasteiger partial charge in [0.25, 0.3) is 0 Å². The van der Waals surface area contributed by atoms with Crippen LogP contribution in [0.1, 0.15) is 20.8 Å². The van der Waals surface area contributed by atoms with Crippen molar-refractivity contribution in [2.24, 2.45) is 0 Å². The highest BCUT2D eigenvalue weighted by Crippen LogP contribution is 2.22. The van der Waals surface area contributed by atoms with E-state index in [1.165, 1.54) is 0 Å². The quantitative estimate of drug-likeness (QED) is 0.833. The lowest BCUT2D eigenvalue weighted by Crippen LogP contribution is -2.27. The molecule has 0 aliphatic heterocycles. The number of carbonyl (C=O) groups excluding carboxylic acids is 1. The number of amides is 1. The number of pyridine rings is 1. The zero-order valence-electron chi connectivity index (χ0n) is 10.2. The minimum atomic E-state index is -0.534. The van der Waals surface area contributed by atoms with E-state index in [0.717, 1.165) is 3.57 Å². The van der Waals surface area contributed by atoms with Gasteiger partial charge in [-0.15, -0.1) is 0 Å². The molecule has 17 heavy (non-hydrogen) atoms. The molecule has 0 radical (unpaired) electrons. The maximum Gasteiger partial charge on any atom is 0.413 e. The standard InChI is InChI=1S/C11H15IN2O3/c1-11(2,3)17-10(15)14-9-5-8(16-4)7(12)6-13-9/h5-6H,1-4H3,(H,13,14,15). The topological polar surface area (TPSA) is 60.5 Å². The molecular weight excluding hydrogens is 335 g/mol. The third-order valence-electron chi connectivity index (χ3n) is 1.67. The largest absolute Gasteiger partial charge is 0.495 e. The number of halogens is 1. The van der Waals surface area contributed by atoms with E-state index < -0.39 is 11.7 Å². The molecule has 0 saturated carbocycles. The normalized spacial score (nSPS) is 10.9. The molecule has 0 atom stereocenters. The smallest absolute Gasteiger partial charge is 0.413 e. The molecule has 1 heterocycles. The zero-order valence-corrected chi connectivity index (χ0v) is 12.4. The van der Waals surface area contributed by atoms with Crippen molar-refractivity contribution in [3.05, 3.63) is 15.8 Å². The van der Waals surface area contributed by atoms with Crippen LogP contribution in [0.25, 0.3) is 0 Å². The number of rotatable bonds is 2. The predicted molar refractivity (Wildman–Crippen MR) is 73.4 cm³/mol. The summed E-state index contributed by atoms with van der Waals surface area (Å²) in [5, 5.41) is 2.54. The molecule has 0 unspecified atom stereocenters. The monoisotopic (exact) mass is 350 g/mol. The lowest BCUT2D eigenvalue weighted by atomic mass is 10.2. The Labute approximate surface area is 114 Å². The van der Waals surface area contributed by atoms with Crippen LogP contribution >= 0.6 is 22.6 Å². The molecule has 5 nitrogen and oxygen atoms in total. The number of anilines is 1. The number of carbonyl (C=O) groups is 1. The summed E-state index contributed by atoms with van der Waals surface area (Å²) in [6.45, 7) is 5.40. The molecular formula is C11H15IN2O3. The van der Waals surface area contributed by atoms with Gasteiger partial charge < -0.3 is 9.47 Å². The second kappa shape index (κ2) is 5.52. The second-order valence-corrected chi connectivity index (χ2v) is 5.49. The molecule has 0 bridgehead atoms. The van der Waals surface area contributed by atoms with E-state index in [-0.39, 0.29) is 0 Å². The van der Waals surface area contributed by atoms with Crippen molar-refractivity contribution in [2.45, 2.75) is 26.4 Å². The summed E-state index contributed by atoms with van der Waals surface area (Å²) in [7, 11) is 1.56. The number of aromatic nitrogens is 1. The van der Waals surface area contributed by atoms with Crippen LogP contribution < -0.4 is 10.1 Å². The molecule has 0 aliphatic carbocycles. The first-order valence-electron chi connectivity index (χ1n) is 5.01. The van der Waals surface area contributed by atoms with Crippen molar-refractivity contribution in [2.75, 3.05) is 12.4 Å². The van der Waals surface area contributed by atoms with E-state index >= 15 is 0 Å².